The quantitative estimate of drug-likeness (QED) is 0.876. The number of carboxylic acids is 1. The maximum Gasteiger partial charge on any atom is 0.307 e. The Morgan fingerprint density at radius 1 is 1.15 bits per heavy atom. The monoisotopic (exact) mass is 359 g/mol. The number of hydrogen-bond donors (Lipinski definition) is 1. The summed E-state index contributed by atoms with van der Waals surface area (Å²) in [6.45, 7) is 4.99. The number of benzene rings is 2. The summed E-state index contributed by atoms with van der Waals surface area (Å²) in [5.74, 6) is -2.52. The molecule has 3 rings (SSSR count). The molecule has 0 amide bonds. The Balaban J connectivity index is 2.08. The van der Waals surface area contributed by atoms with Crippen LogP contribution in [0.5, 0.6) is 0 Å². The number of carbonyl (C=O) groups is 1. The van der Waals surface area contributed by atoms with E-state index in [2.05, 4.69) is 0 Å². The molecule has 138 valence electrons. The average Bonchev–Trinajstić information content (AvgIpc) is 2.59. The summed E-state index contributed by atoms with van der Waals surface area (Å²) in [5.41, 5.74) is 3.42. The van der Waals surface area contributed by atoms with Gasteiger partial charge in [0, 0.05) is 18.2 Å². The number of carboxylic acid groups (broad SMARTS) is 1. The molecule has 1 N–H and O–H groups in total. The molecule has 5 heteroatoms. The van der Waals surface area contributed by atoms with Crippen molar-refractivity contribution in [3.8, 4) is 0 Å². The molecule has 1 aliphatic heterocycles. The molecule has 2 unspecified atom stereocenters. The van der Waals surface area contributed by atoms with Crippen molar-refractivity contribution < 1.29 is 18.7 Å². The molecular weight excluding hydrogens is 336 g/mol. The minimum atomic E-state index is -0.825. The number of rotatable bonds is 4. The first-order valence-electron chi connectivity index (χ1n) is 8.85. The smallest absolute Gasteiger partial charge is 0.307 e. The predicted octanol–water partition coefficient (Wildman–Crippen LogP) is 4.47. The van der Waals surface area contributed by atoms with Crippen molar-refractivity contribution >= 4 is 5.97 Å². The topological polar surface area (TPSA) is 40.5 Å². The number of aryl methyl sites for hydroxylation is 2. The molecule has 1 saturated heterocycles. The molecule has 26 heavy (non-hydrogen) atoms. The van der Waals surface area contributed by atoms with Gasteiger partial charge in [-0.15, -0.1) is 0 Å². The van der Waals surface area contributed by atoms with Gasteiger partial charge >= 0.3 is 5.97 Å². The second-order valence-electron chi connectivity index (χ2n) is 7.10. The van der Waals surface area contributed by atoms with Crippen LogP contribution in [-0.4, -0.2) is 29.1 Å². The fraction of sp³-hybridized carbons (Fsp3) is 0.381. The molecule has 0 saturated carbocycles. The molecule has 1 fully saturated rings. The van der Waals surface area contributed by atoms with Gasteiger partial charge < -0.3 is 5.11 Å². The van der Waals surface area contributed by atoms with Crippen LogP contribution in [0.2, 0.25) is 0 Å². The molecule has 2 atom stereocenters. The summed E-state index contributed by atoms with van der Waals surface area (Å²) in [7, 11) is 0. The van der Waals surface area contributed by atoms with E-state index in [1.54, 1.807) is 0 Å². The van der Waals surface area contributed by atoms with Crippen molar-refractivity contribution in [1.29, 1.82) is 0 Å². The Hall–Kier alpha value is -2.27. The predicted molar refractivity (Wildman–Crippen MR) is 96.0 cm³/mol. The average molecular weight is 359 g/mol. The highest BCUT2D eigenvalue weighted by Crippen LogP contribution is 2.36. The van der Waals surface area contributed by atoms with Crippen molar-refractivity contribution in [3.05, 3.63) is 70.3 Å². The van der Waals surface area contributed by atoms with E-state index >= 15 is 0 Å². The van der Waals surface area contributed by atoms with E-state index in [1.165, 1.54) is 12.1 Å². The number of piperidine rings is 1. The summed E-state index contributed by atoms with van der Waals surface area (Å²) in [5, 5.41) is 9.41. The van der Waals surface area contributed by atoms with E-state index < -0.39 is 29.6 Å². The van der Waals surface area contributed by atoms with Gasteiger partial charge in [0.1, 0.15) is 11.6 Å². The Labute approximate surface area is 152 Å². The van der Waals surface area contributed by atoms with Gasteiger partial charge in [0.15, 0.2) is 0 Å². The van der Waals surface area contributed by atoms with Gasteiger partial charge in [-0.1, -0.05) is 29.8 Å². The molecule has 0 aromatic heterocycles. The van der Waals surface area contributed by atoms with Crippen molar-refractivity contribution in [3.63, 3.8) is 0 Å². The number of aliphatic carboxylic acids is 1. The maximum absolute atomic E-state index is 14.6. The van der Waals surface area contributed by atoms with E-state index in [1.807, 2.05) is 36.9 Å². The summed E-state index contributed by atoms with van der Waals surface area (Å²) in [6, 6.07) is 9.15. The highest BCUT2D eigenvalue weighted by atomic mass is 19.1. The lowest BCUT2D eigenvalue weighted by Gasteiger charge is -2.38. The molecule has 0 radical (unpaired) electrons. The van der Waals surface area contributed by atoms with Gasteiger partial charge in [-0.25, -0.2) is 8.78 Å². The first kappa shape index (κ1) is 18.5. The van der Waals surface area contributed by atoms with E-state index in [0.717, 1.165) is 29.2 Å². The minimum absolute atomic E-state index is 0.351. The number of nitrogens with zero attached hydrogens (tertiary/aromatic N) is 1. The van der Waals surface area contributed by atoms with Gasteiger partial charge in [0.05, 0.1) is 12.0 Å². The molecule has 2 aromatic rings. The van der Waals surface area contributed by atoms with Gasteiger partial charge in [0.2, 0.25) is 0 Å². The van der Waals surface area contributed by atoms with E-state index in [9.17, 15) is 18.7 Å². The van der Waals surface area contributed by atoms with Crippen LogP contribution in [0.4, 0.5) is 8.78 Å². The van der Waals surface area contributed by atoms with Crippen LogP contribution >= 0.6 is 0 Å². The summed E-state index contributed by atoms with van der Waals surface area (Å²) in [4.78, 5) is 13.5. The zero-order valence-electron chi connectivity index (χ0n) is 15.0. The van der Waals surface area contributed by atoms with Gasteiger partial charge in [0.25, 0.3) is 0 Å². The third kappa shape index (κ3) is 3.78. The third-order valence-corrected chi connectivity index (χ3v) is 5.14. The Kier molecular flexibility index (Phi) is 5.37. The lowest BCUT2D eigenvalue weighted by molar-refractivity contribution is -0.143. The first-order chi connectivity index (χ1) is 12.4. The maximum atomic E-state index is 14.6. The molecule has 0 spiro atoms. The summed E-state index contributed by atoms with van der Waals surface area (Å²) in [6.07, 6.45) is 1.36. The fourth-order valence-electron chi connectivity index (χ4n) is 3.86. The van der Waals surface area contributed by atoms with Crippen molar-refractivity contribution in [1.82, 2.24) is 4.90 Å². The van der Waals surface area contributed by atoms with Gasteiger partial charge in [-0.05, 0) is 50.4 Å². The second kappa shape index (κ2) is 7.54. The second-order valence-corrected chi connectivity index (χ2v) is 7.10. The summed E-state index contributed by atoms with van der Waals surface area (Å²) < 4.78 is 28.0. The third-order valence-electron chi connectivity index (χ3n) is 5.14. The molecular formula is C21H23F2NO2. The molecule has 1 aliphatic rings. The fourth-order valence-corrected chi connectivity index (χ4v) is 3.86. The van der Waals surface area contributed by atoms with Gasteiger partial charge in [-0.2, -0.15) is 0 Å². The number of halogens is 2. The standard InChI is InChI=1S/C21H23F2NO2/c1-13-5-7-17(14(2)10-13)20(18-8-6-16(22)11-19(18)23)24-9-3-4-15(12-24)21(25)26/h5-8,10-11,15,20H,3-4,9,12H2,1-2H3,(H,25,26). The lowest BCUT2D eigenvalue weighted by atomic mass is 9.89. The Morgan fingerprint density at radius 2 is 1.88 bits per heavy atom. The van der Waals surface area contributed by atoms with Crippen LogP contribution in [-0.2, 0) is 4.79 Å². The molecule has 1 heterocycles. The van der Waals surface area contributed by atoms with Crippen LogP contribution < -0.4 is 0 Å². The molecule has 3 nitrogen and oxygen atoms in total. The van der Waals surface area contributed by atoms with E-state index in [0.29, 0.717) is 25.1 Å². The Bertz CT molecular complexity index is 770. The van der Waals surface area contributed by atoms with Crippen LogP contribution in [0.1, 0.15) is 41.1 Å². The molecule has 2 aromatic carbocycles. The van der Waals surface area contributed by atoms with Crippen LogP contribution in [0, 0.1) is 31.4 Å². The summed E-state index contributed by atoms with van der Waals surface area (Å²) >= 11 is 0. The first-order valence-corrected chi connectivity index (χ1v) is 8.85. The van der Waals surface area contributed by atoms with E-state index in [-0.39, 0.29) is 0 Å². The van der Waals surface area contributed by atoms with Gasteiger partial charge in [-0.3, -0.25) is 9.69 Å². The van der Waals surface area contributed by atoms with Crippen molar-refractivity contribution in [2.45, 2.75) is 32.7 Å². The number of hydrogen-bond acceptors (Lipinski definition) is 2. The zero-order chi connectivity index (χ0) is 18.8. The van der Waals surface area contributed by atoms with Crippen LogP contribution in [0.15, 0.2) is 36.4 Å². The van der Waals surface area contributed by atoms with E-state index in [4.69, 9.17) is 0 Å². The normalized spacial score (nSPS) is 19.3. The highest BCUT2D eigenvalue weighted by molar-refractivity contribution is 5.70. The van der Waals surface area contributed by atoms with Crippen molar-refractivity contribution in [2.75, 3.05) is 13.1 Å². The van der Waals surface area contributed by atoms with Crippen LogP contribution in [0.25, 0.3) is 0 Å². The number of likely N-dealkylation sites (tertiary alicyclic amines) is 1. The lowest BCUT2D eigenvalue weighted by Crippen LogP contribution is -2.41. The minimum Gasteiger partial charge on any atom is -0.481 e. The van der Waals surface area contributed by atoms with Crippen molar-refractivity contribution in [2.24, 2.45) is 5.92 Å². The SMILES string of the molecule is Cc1ccc(C(c2ccc(F)cc2F)N2CCCC(C(=O)O)C2)c(C)c1. The largest absolute Gasteiger partial charge is 0.481 e. The highest BCUT2D eigenvalue weighted by Gasteiger charge is 2.33. The molecule has 0 aliphatic carbocycles. The van der Waals surface area contributed by atoms with Crippen LogP contribution in [0.3, 0.4) is 0 Å². The zero-order valence-corrected chi connectivity index (χ0v) is 15.0. The molecule has 0 bridgehead atoms. The Morgan fingerprint density at radius 3 is 2.54 bits per heavy atom.